The Morgan fingerprint density at radius 3 is 1.52 bits per heavy atom. The lowest BCUT2D eigenvalue weighted by Crippen LogP contribution is -2.25. The van der Waals surface area contributed by atoms with Crippen LogP contribution in [-0.4, -0.2) is 0 Å². The quantitative estimate of drug-likeness (QED) is 0.167. The van der Waals surface area contributed by atoms with Crippen molar-refractivity contribution in [2.24, 2.45) is 0 Å². The molecular weight excluding hydrogens is 779 g/mol. The zero-order valence-electron chi connectivity index (χ0n) is 35.0. The van der Waals surface area contributed by atoms with Crippen molar-refractivity contribution < 1.29 is 9.47 Å². The van der Waals surface area contributed by atoms with E-state index in [1.165, 1.54) is 66.8 Å². The fourth-order valence-electron chi connectivity index (χ4n) is 10.8. The number of nitrogens with zero attached hydrogens (tertiary/aromatic N) is 1. The number of hydrogen-bond donors (Lipinski definition) is 0. The predicted octanol–water partition coefficient (Wildman–Crippen LogP) is 16.5. The van der Waals surface area contributed by atoms with Gasteiger partial charge in [0.15, 0.2) is 23.0 Å². The highest BCUT2D eigenvalue weighted by atomic mass is 16.6. The first-order chi connectivity index (χ1) is 31.7. The molecule has 0 unspecified atom stereocenters. The van der Waals surface area contributed by atoms with Gasteiger partial charge in [0.05, 0.1) is 11.1 Å². The van der Waals surface area contributed by atoms with Crippen LogP contribution in [0.3, 0.4) is 0 Å². The van der Waals surface area contributed by atoms with Crippen molar-refractivity contribution in [1.82, 2.24) is 0 Å². The minimum atomic E-state index is -0.472. The number of rotatable bonds is 6. The van der Waals surface area contributed by atoms with Gasteiger partial charge in [-0.1, -0.05) is 176 Å². The van der Waals surface area contributed by atoms with Crippen molar-refractivity contribution in [3.63, 3.8) is 0 Å². The molecule has 0 saturated carbocycles. The van der Waals surface area contributed by atoms with Crippen LogP contribution in [0.4, 0.5) is 17.1 Å². The summed E-state index contributed by atoms with van der Waals surface area (Å²) < 4.78 is 14.2. The lowest BCUT2D eigenvalue weighted by molar-refractivity contribution is 0.360. The van der Waals surface area contributed by atoms with Gasteiger partial charge in [-0.15, -0.1) is 0 Å². The summed E-state index contributed by atoms with van der Waals surface area (Å²) in [6.45, 7) is 0. The summed E-state index contributed by atoms with van der Waals surface area (Å²) in [6.07, 6.45) is 8.97. The number of anilines is 3. The Morgan fingerprint density at radius 1 is 0.375 bits per heavy atom. The minimum absolute atomic E-state index is 0.472. The molecule has 4 aliphatic rings. The summed E-state index contributed by atoms with van der Waals surface area (Å²) in [7, 11) is 0. The Bertz CT molecular complexity index is 3330. The summed E-state index contributed by atoms with van der Waals surface area (Å²) in [6, 6.07) is 74.4. The van der Waals surface area contributed by atoms with Gasteiger partial charge in [-0.2, -0.15) is 0 Å². The molecular formula is C61H41NO2. The maximum absolute atomic E-state index is 7.15. The molecule has 1 aliphatic heterocycles. The van der Waals surface area contributed by atoms with Crippen molar-refractivity contribution >= 4 is 22.6 Å². The third-order valence-corrected chi connectivity index (χ3v) is 13.6. The van der Waals surface area contributed by atoms with Gasteiger partial charge < -0.3 is 14.4 Å². The fourth-order valence-corrected chi connectivity index (χ4v) is 10.8. The van der Waals surface area contributed by atoms with Crippen LogP contribution < -0.4 is 14.4 Å². The van der Waals surface area contributed by atoms with Crippen molar-refractivity contribution in [1.29, 1.82) is 0 Å². The van der Waals surface area contributed by atoms with E-state index in [1.54, 1.807) is 0 Å². The highest BCUT2D eigenvalue weighted by molar-refractivity contribution is 5.96. The van der Waals surface area contributed by atoms with Gasteiger partial charge in [-0.25, -0.2) is 0 Å². The molecule has 302 valence electrons. The third-order valence-electron chi connectivity index (χ3n) is 13.6. The van der Waals surface area contributed by atoms with Crippen LogP contribution in [-0.2, 0) is 5.41 Å². The van der Waals surface area contributed by atoms with Crippen molar-refractivity contribution in [2.45, 2.75) is 18.3 Å². The Balaban J connectivity index is 0.939. The maximum atomic E-state index is 7.15. The zero-order valence-corrected chi connectivity index (χ0v) is 35.0. The maximum Gasteiger partial charge on any atom is 0.194 e. The summed E-state index contributed by atoms with van der Waals surface area (Å²) in [5.74, 6) is 2.76. The standard InChI is InChI=1S/C61H41NO2/c1-3-16-40(17-4-1)41-30-34-44(35-31-41)62(45-36-32-43(33-37-45)47-21-8-7-20-46(47)42-18-5-2-6-19-42)56-28-15-29-57-60(56)64-58-38-51-50-24-11-14-27-54(50)61(55(51)39-59(58)63-57)52-25-12-9-22-48(52)49-23-10-13-26-53(49)61/h2-3,5-39H,1,4H2. The molecule has 0 atom stereocenters. The van der Waals surface area contributed by atoms with Crippen molar-refractivity contribution in [3.05, 3.63) is 252 Å². The molecule has 0 amide bonds. The van der Waals surface area contributed by atoms with Gasteiger partial charge in [0, 0.05) is 11.4 Å². The molecule has 64 heavy (non-hydrogen) atoms. The molecule has 0 aromatic heterocycles. The van der Waals surface area contributed by atoms with Gasteiger partial charge in [-0.3, -0.25) is 0 Å². The number of allylic oxidation sites excluding steroid dienone is 4. The van der Waals surface area contributed by atoms with Crippen LogP contribution in [0, 0.1) is 0 Å². The lowest BCUT2D eigenvalue weighted by Gasteiger charge is -2.32. The predicted molar refractivity (Wildman–Crippen MR) is 261 cm³/mol. The number of hydrogen-bond acceptors (Lipinski definition) is 3. The van der Waals surface area contributed by atoms with Crippen molar-refractivity contribution in [2.75, 3.05) is 4.90 Å². The molecule has 0 saturated heterocycles. The second-order valence-electron chi connectivity index (χ2n) is 17.0. The molecule has 0 fully saturated rings. The van der Waals surface area contributed by atoms with Crippen LogP contribution >= 0.6 is 0 Å². The van der Waals surface area contributed by atoms with Gasteiger partial charge in [-0.05, 0) is 139 Å². The van der Waals surface area contributed by atoms with Crippen LogP contribution in [0.2, 0.25) is 0 Å². The van der Waals surface area contributed by atoms with Crippen LogP contribution in [0.1, 0.15) is 40.7 Å². The normalized spacial score (nSPS) is 14.2. The molecule has 0 bridgehead atoms. The Kier molecular flexibility index (Phi) is 8.26. The number of ether oxygens (including phenoxy) is 2. The SMILES string of the molecule is C1=CC(c2ccc(N(c3ccc(-c4ccccc4-c4ccccc4)cc3)c3cccc4c3Oc3cc5c(cc3O4)C3(c4ccccc4-c4ccccc43)c3ccccc3-5)cc2)=CCC1. The highest BCUT2D eigenvalue weighted by Crippen LogP contribution is 2.65. The molecule has 1 heterocycles. The van der Waals surface area contributed by atoms with Crippen LogP contribution in [0.25, 0.3) is 50.1 Å². The van der Waals surface area contributed by atoms with E-state index in [1.807, 2.05) is 6.07 Å². The number of fused-ring (bicyclic) bond motifs is 12. The molecule has 9 aromatic rings. The summed E-state index contributed by atoms with van der Waals surface area (Å²) in [5, 5.41) is 0. The smallest absolute Gasteiger partial charge is 0.194 e. The Morgan fingerprint density at radius 2 is 0.906 bits per heavy atom. The Hall–Kier alpha value is -8.14. The molecule has 9 aromatic carbocycles. The first kappa shape index (κ1) is 36.5. The molecule has 0 N–H and O–H groups in total. The van der Waals surface area contributed by atoms with Gasteiger partial charge >= 0.3 is 0 Å². The van der Waals surface area contributed by atoms with Gasteiger partial charge in [0.2, 0.25) is 0 Å². The molecule has 3 aliphatic carbocycles. The fraction of sp³-hybridized carbons (Fsp3) is 0.0492. The highest BCUT2D eigenvalue weighted by Gasteiger charge is 2.52. The van der Waals surface area contributed by atoms with E-state index in [0.29, 0.717) is 23.0 Å². The summed E-state index contributed by atoms with van der Waals surface area (Å²) in [4.78, 5) is 2.29. The van der Waals surface area contributed by atoms with Crippen molar-refractivity contribution in [3.8, 4) is 67.5 Å². The second-order valence-corrected chi connectivity index (χ2v) is 17.0. The molecule has 3 nitrogen and oxygen atoms in total. The average Bonchev–Trinajstić information content (AvgIpc) is 3.83. The molecule has 13 rings (SSSR count). The van der Waals surface area contributed by atoms with E-state index < -0.39 is 5.41 Å². The van der Waals surface area contributed by atoms with E-state index in [0.717, 1.165) is 41.0 Å². The summed E-state index contributed by atoms with van der Waals surface area (Å²) in [5.41, 5.74) is 19.7. The largest absolute Gasteiger partial charge is 0.449 e. The van der Waals surface area contributed by atoms with Gasteiger partial charge in [0.25, 0.3) is 0 Å². The third kappa shape index (κ3) is 5.47. The molecule has 0 radical (unpaired) electrons. The molecule has 1 spiro atoms. The first-order valence-corrected chi connectivity index (χ1v) is 22.2. The van der Waals surface area contributed by atoms with E-state index in [9.17, 15) is 0 Å². The lowest BCUT2D eigenvalue weighted by atomic mass is 9.70. The zero-order chi connectivity index (χ0) is 42.2. The van der Waals surface area contributed by atoms with E-state index in [4.69, 9.17) is 9.47 Å². The van der Waals surface area contributed by atoms with Crippen LogP contribution in [0.5, 0.6) is 23.0 Å². The number of para-hydroxylation sites is 1. The van der Waals surface area contributed by atoms with E-state index in [-0.39, 0.29) is 0 Å². The topological polar surface area (TPSA) is 21.7 Å². The second kappa shape index (κ2) is 14.5. The number of benzene rings is 9. The van der Waals surface area contributed by atoms with E-state index in [2.05, 4.69) is 223 Å². The van der Waals surface area contributed by atoms with Gasteiger partial charge in [0.1, 0.15) is 0 Å². The average molecular weight is 820 g/mol. The van der Waals surface area contributed by atoms with E-state index >= 15 is 0 Å². The van der Waals surface area contributed by atoms with Crippen LogP contribution in [0.15, 0.2) is 224 Å². The minimum Gasteiger partial charge on any atom is -0.449 e. The monoisotopic (exact) mass is 819 g/mol. The first-order valence-electron chi connectivity index (χ1n) is 22.2. The summed E-state index contributed by atoms with van der Waals surface area (Å²) >= 11 is 0. The Labute approximate surface area is 373 Å². The molecule has 3 heteroatoms.